The molecular weight excluding hydrogens is 252 g/mol. The molecule has 20 heavy (non-hydrogen) atoms. The maximum atomic E-state index is 12.3. The molecule has 1 aromatic carbocycles. The van der Waals surface area contributed by atoms with Gasteiger partial charge in [-0.05, 0) is 44.5 Å². The van der Waals surface area contributed by atoms with Gasteiger partial charge in [-0.3, -0.25) is 4.79 Å². The lowest BCUT2D eigenvalue weighted by Gasteiger charge is -2.15. The Morgan fingerprint density at radius 2 is 2.00 bits per heavy atom. The molecule has 0 saturated carbocycles. The lowest BCUT2D eigenvalue weighted by molar-refractivity contribution is 0.0938. The Labute approximate surface area is 118 Å². The molecule has 2 rings (SSSR count). The molecular formula is C15H18N4O. The summed E-state index contributed by atoms with van der Waals surface area (Å²) < 4.78 is 0. The summed E-state index contributed by atoms with van der Waals surface area (Å²) in [6.45, 7) is 5.50. The number of carbonyl (C=O) groups is 1. The van der Waals surface area contributed by atoms with Gasteiger partial charge in [-0.2, -0.15) is 10.2 Å². The number of nitrogens with one attached hydrogen (secondary N) is 1. The maximum absolute atomic E-state index is 12.3. The Bertz CT molecular complexity index is 640. The van der Waals surface area contributed by atoms with Gasteiger partial charge < -0.3 is 11.1 Å². The molecule has 0 radical (unpaired) electrons. The fourth-order valence-electron chi connectivity index (χ4n) is 1.97. The summed E-state index contributed by atoms with van der Waals surface area (Å²) in [5.41, 5.74) is 9.29. The highest BCUT2D eigenvalue weighted by atomic mass is 16.1. The first-order valence-electron chi connectivity index (χ1n) is 6.44. The van der Waals surface area contributed by atoms with Gasteiger partial charge in [0.25, 0.3) is 5.91 Å². The summed E-state index contributed by atoms with van der Waals surface area (Å²) in [5.74, 6) is -0.157. The van der Waals surface area contributed by atoms with E-state index in [-0.39, 0.29) is 11.9 Å². The van der Waals surface area contributed by atoms with E-state index in [0.29, 0.717) is 16.9 Å². The third-order valence-electron chi connectivity index (χ3n) is 3.10. The Kier molecular flexibility index (Phi) is 3.98. The zero-order valence-electron chi connectivity index (χ0n) is 11.8. The van der Waals surface area contributed by atoms with Crippen molar-refractivity contribution in [3.8, 4) is 0 Å². The quantitative estimate of drug-likeness (QED) is 0.837. The van der Waals surface area contributed by atoms with Crippen LogP contribution in [0.3, 0.4) is 0 Å². The molecule has 1 heterocycles. The molecule has 0 spiro atoms. The number of benzene rings is 1. The molecule has 0 fully saturated rings. The van der Waals surface area contributed by atoms with Crippen LogP contribution in [0.25, 0.3) is 0 Å². The Morgan fingerprint density at radius 1 is 1.25 bits per heavy atom. The predicted octanol–water partition coefficient (Wildman–Crippen LogP) is 2.17. The molecule has 0 bridgehead atoms. The van der Waals surface area contributed by atoms with Crippen LogP contribution < -0.4 is 11.1 Å². The summed E-state index contributed by atoms with van der Waals surface area (Å²) in [5, 5.41) is 10.8. The molecule has 5 heteroatoms. The molecule has 0 aliphatic rings. The zero-order valence-corrected chi connectivity index (χ0v) is 11.8. The van der Waals surface area contributed by atoms with Crippen LogP contribution in [-0.2, 0) is 0 Å². The van der Waals surface area contributed by atoms with Crippen LogP contribution in [0.15, 0.2) is 30.3 Å². The van der Waals surface area contributed by atoms with Crippen molar-refractivity contribution < 1.29 is 4.79 Å². The molecule has 104 valence electrons. The average Bonchev–Trinajstić information content (AvgIpc) is 2.41. The van der Waals surface area contributed by atoms with E-state index in [1.165, 1.54) is 0 Å². The summed E-state index contributed by atoms with van der Waals surface area (Å²) in [4.78, 5) is 12.3. The van der Waals surface area contributed by atoms with Gasteiger partial charge in [-0.25, -0.2) is 0 Å². The van der Waals surface area contributed by atoms with Crippen molar-refractivity contribution in [3.05, 3.63) is 52.8 Å². The Morgan fingerprint density at radius 3 is 2.70 bits per heavy atom. The number of amides is 1. The Balaban J connectivity index is 2.17. The number of hydrogen-bond acceptors (Lipinski definition) is 4. The van der Waals surface area contributed by atoms with Crippen LogP contribution in [0.4, 0.5) is 5.69 Å². The summed E-state index contributed by atoms with van der Waals surface area (Å²) in [7, 11) is 0. The fraction of sp³-hybridized carbons (Fsp3) is 0.267. The van der Waals surface area contributed by atoms with Gasteiger partial charge in [0, 0.05) is 5.69 Å². The lowest BCUT2D eigenvalue weighted by Crippen LogP contribution is -2.27. The van der Waals surface area contributed by atoms with Crippen LogP contribution >= 0.6 is 0 Å². The monoisotopic (exact) mass is 270 g/mol. The molecule has 1 aromatic heterocycles. The molecule has 2 aromatic rings. The number of nitrogens with two attached hydrogens (primary N) is 1. The van der Waals surface area contributed by atoms with Gasteiger partial charge in [-0.15, -0.1) is 0 Å². The summed E-state index contributed by atoms with van der Waals surface area (Å²) in [6, 6.07) is 9.09. The smallest absolute Gasteiger partial charge is 0.253 e. The van der Waals surface area contributed by atoms with E-state index in [1.54, 1.807) is 13.0 Å². The Hall–Kier alpha value is -2.43. The first-order chi connectivity index (χ1) is 9.47. The maximum Gasteiger partial charge on any atom is 0.253 e. The van der Waals surface area contributed by atoms with Gasteiger partial charge in [-0.1, -0.05) is 12.1 Å². The second-order valence-electron chi connectivity index (χ2n) is 4.85. The van der Waals surface area contributed by atoms with Gasteiger partial charge in [0.2, 0.25) is 0 Å². The molecule has 5 nitrogen and oxygen atoms in total. The average molecular weight is 270 g/mol. The third kappa shape index (κ3) is 3.12. The van der Waals surface area contributed by atoms with E-state index in [9.17, 15) is 4.79 Å². The number of hydrogen-bond donors (Lipinski definition) is 2. The van der Waals surface area contributed by atoms with E-state index >= 15 is 0 Å². The van der Waals surface area contributed by atoms with Crippen molar-refractivity contribution in [2.24, 2.45) is 0 Å². The first kappa shape index (κ1) is 14.0. The van der Waals surface area contributed by atoms with Crippen LogP contribution in [-0.4, -0.2) is 16.1 Å². The highest BCUT2D eigenvalue weighted by Gasteiger charge is 2.14. The summed E-state index contributed by atoms with van der Waals surface area (Å²) >= 11 is 0. The number of aromatic nitrogens is 2. The lowest BCUT2D eigenvalue weighted by atomic mass is 10.1. The molecule has 0 saturated heterocycles. The van der Waals surface area contributed by atoms with Crippen LogP contribution in [0.5, 0.6) is 0 Å². The number of rotatable bonds is 3. The highest BCUT2D eigenvalue weighted by molar-refractivity contribution is 5.95. The van der Waals surface area contributed by atoms with Crippen molar-refractivity contribution in [2.75, 3.05) is 5.73 Å². The molecule has 1 unspecified atom stereocenters. The SMILES string of the molecule is Cc1cc(C(=O)NC(C)c2cccc(N)c2)c(C)nn1. The minimum atomic E-state index is -0.157. The van der Waals surface area contributed by atoms with Gasteiger partial charge in [0.1, 0.15) is 0 Å². The highest BCUT2D eigenvalue weighted by Crippen LogP contribution is 2.16. The second kappa shape index (κ2) is 5.69. The van der Waals surface area contributed by atoms with Gasteiger partial charge >= 0.3 is 0 Å². The number of carbonyl (C=O) groups excluding carboxylic acids is 1. The van der Waals surface area contributed by atoms with Crippen molar-refractivity contribution in [3.63, 3.8) is 0 Å². The normalized spacial score (nSPS) is 11.9. The van der Waals surface area contributed by atoms with Gasteiger partial charge in [0.05, 0.1) is 23.0 Å². The first-order valence-corrected chi connectivity index (χ1v) is 6.44. The van der Waals surface area contributed by atoms with Crippen molar-refractivity contribution in [1.29, 1.82) is 0 Å². The van der Waals surface area contributed by atoms with E-state index in [4.69, 9.17) is 5.73 Å². The van der Waals surface area contributed by atoms with Crippen LogP contribution in [0, 0.1) is 13.8 Å². The standard InChI is InChI=1S/C15H18N4O/c1-9-7-14(11(3)19-18-9)15(20)17-10(2)12-5-4-6-13(16)8-12/h4-8,10H,16H2,1-3H3,(H,17,20). The molecule has 0 aliphatic heterocycles. The van der Waals surface area contributed by atoms with Crippen LogP contribution in [0.2, 0.25) is 0 Å². The van der Waals surface area contributed by atoms with Crippen molar-refractivity contribution in [1.82, 2.24) is 15.5 Å². The van der Waals surface area contributed by atoms with E-state index in [2.05, 4.69) is 15.5 Å². The topological polar surface area (TPSA) is 80.9 Å². The van der Waals surface area contributed by atoms with Gasteiger partial charge in [0.15, 0.2) is 0 Å². The molecule has 1 amide bonds. The van der Waals surface area contributed by atoms with Crippen molar-refractivity contribution >= 4 is 11.6 Å². The zero-order chi connectivity index (χ0) is 14.7. The number of aryl methyl sites for hydroxylation is 2. The second-order valence-corrected chi connectivity index (χ2v) is 4.85. The molecule has 0 aliphatic carbocycles. The number of anilines is 1. The minimum absolute atomic E-state index is 0.126. The minimum Gasteiger partial charge on any atom is -0.399 e. The fourth-order valence-corrected chi connectivity index (χ4v) is 1.97. The molecule has 1 atom stereocenters. The van der Waals surface area contributed by atoms with E-state index in [0.717, 1.165) is 11.3 Å². The third-order valence-corrected chi connectivity index (χ3v) is 3.10. The van der Waals surface area contributed by atoms with Crippen molar-refractivity contribution in [2.45, 2.75) is 26.8 Å². The predicted molar refractivity (Wildman–Crippen MR) is 78.2 cm³/mol. The van der Waals surface area contributed by atoms with E-state index < -0.39 is 0 Å². The number of nitrogens with zero attached hydrogens (tertiary/aromatic N) is 2. The van der Waals surface area contributed by atoms with E-state index in [1.807, 2.05) is 38.1 Å². The molecule has 3 N–H and O–H groups in total. The summed E-state index contributed by atoms with van der Waals surface area (Å²) in [6.07, 6.45) is 0. The van der Waals surface area contributed by atoms with Crippen LogP contribution in [0.1, 0.15) is 40.3 Å². The number of nitrogen functional groups attached to an aromatic ring is 1. The largest absolute Gasteiger partial charge is 0.399 e.